The number of furan rings is 1. The van der Waals surface area contributed by atoms with E-state index in [2.05, 4.69) is 72.9 Å². The van der Waals surface area contributed by atoms with Crippen LogP contribution in [-0.4, -0.2) is 0 Å². The van der Waals surface area contributed by atoms with Crippen LogP contribution in [0.2, 0.25) is 0 Å². The molecule has 0 radical (unpaired) electrons. The predicted molar refractivity (Wildman–Crippen MR) is 122 cm³/mol. The van der Waals surface area contributed by atoms with Crippen molar-refractivity contribution in [3.63, 3.8) is 0 Å². The summed E-state index contributed by atoms with van der Waals surface area (Å²) in [7, 11) is 0. The van der Waals surface area contributed by atoms with Gasteiger partial charge in [0.1, 0.15) is 0 Å². The lowest BCUT2D eigenvalue weighted by Crippen LogP contribution is -2.02. The van der Waals surface area contributed by atoms with Crippen LogP contribution in [0.1, 0.15) is 44.7 Å². The molecule has 0 N–H and O–H groups in total. The number of hydrogen-bond donors (Lipinski definition) is 0. The van der Waals surface area contributed by atoms with E-state index in [9.17, 15) is 0 Å². The third-order valence-electron chi connectivity index (χ3n) is 5.26. The fraction of sp³-hybridized carbons (Fsp3) is 0.259. The first-order valence-corrected chi connectivity index (χ1v) is 10.2. The standard InChI is InChI=1S/C18H16.C5H10.C4H4O/c1-3-7-15-13(5-1)9-11-18-16-8-4-2-6-14(16)10-12-17(15)18;1-4-5(2)3;1-2-4-5-3-1/h1,3,5,7,9-12H,2,4,6,8H2;4H,1-3H3;1-4H. The molecule has 1 aromatic heterocycles. The first kappa shape index (κ1) is 19.9. The summed E-state index contributed by atoms with van der Waals surface area (Å²) in [4.78, 5) is 0. The Morgan fingerprint density at radius 1 is 0.750 bits per heavy atom. The lowest BCUT2D eigenvalue weighted by atomic mass is 9.86. The molecule has 0 fully saturated rings. The van der Waals surface area contributed by atoms with Crippen LogP contribution in [0, 0.1) is 0 Å². The highest BCUT2D eigenvalue weighted by Crippen LogP contribution is 2.33. The minimum Gasteiger partial charge on any atom is -0.473 e. The summed E-state index contributed by atoms with van der Waals surface area (Å²) in [6, 6.07) is 21.6. The lowest BCUT2D eigenvalue weighted by Gasteiger charge is -2.18. The molecule has 0 saturated carbocycles. The van der Waals surface area contributed by atoms with Gasteiger partial charge in [0.25, 0.3) is 0 Å². The number of fused-ring (bicyclic) bond motifs is 5. The molecule has 1 aliphatic rings. The van der Waals surface area contributed by atoms with Crippen LogP contribution in [0.25, 0.3) is 21.5 Å². The molecular weight excluding hydrogens is 340 g/mol. The maximum absolute atomic E-state index is 4.58. The van der Waals surface area contributed by atoms with E-state index < -0.39 is 0 Å². The molecule has 1 aliphatic carbocycles. The Bertz CT molecular complexity index is 1020. The Balaban J connectivity index is 0.000000187. The zero-order chi connectivity index (χ0) is 19.8. The highest BCUT2D eigenvalue weighted by molar-refractivity contribution is 6.08. The van der Waals surface area contributed by atoms with Crippen molar-refractivity contribution in [3.8, 4) is 0 Å². The first-order chi connectivity index (χ1) is 13.7. The van der Waals surface area contributed by atoms with Gasteiger partial charge in [-0.1, -0.05) is 60.2 Å². The van der Waals surface area contributed by atoms with Gasteiger partial charge in [-0.2, -0.15) is 0 Å². The number of hydrogen-bond acceptors (Lipinski definition) is 1. The molecule has 0 saturated heterocycles. The molecule has 1 heterocycles. The van der Waals surface area contributed by atoms with Gasteiger partial charge in [-0.25, -0.2) is 0 Å². The van der Waals surface area contributed by atoms with Gasteiger partial charge in [0.05, 0.1) is 12.5 Å². The van der Waals surface area contributed by atoms with Gasteiger partial charge in [-0.3, -0.25) is 0 Å². The Labute approximate surface area is 168 Å². The third kappa shape index (κ3) is 4.92. The van der Waals surface area contributed by atoms with E-state index in [0.29, 0.717) is 0 Å². The molecule has 5 rings (SSSR count). The summed E-state index contributed by atoms with van der Waals surface area (Å²) in [5.74, 6) is 0. The molecular formula is C27H30O. The summed E-state index contributed by atoms with van der Waals surface area (Å²) >= 11 is 0. The molecule has 144 valence electrons. The normalized spacial score (nSPS) is 12.2. The van der Waals surface area contributed by atoms with Crippen LogP contribution in [0.3, 0.4) is 0 Å². The largest absolute Gasteiger partial charge is 0.473 e. The molecule has 28 heavy (non-hydrogen) atoms. The lowest BCUT2D eigenvalue weighted by molar-refractivity contribution is 0.567. The molecule has 3 aromatic carbocycles. The minimum atomic E-state index is 1.25. The van der Waals surface area contributed by atoms with Crippen molar-refractivity contribution in [1.82, 2.24) is 0 Å². The fourth-order valence-corrected chi connectivity index (χ4v) is 3.57. The van der Waals surface area contributed by atoms with E-state index in [1.807, 2.05) is 19.1 Å². The van der Waals surface area contributed by atoms with Crippen LogP contribution < -0.4 is 0 Å². The maximum atomic E-state index is 4.58. The van der Waals surface area contributed by atoms with Crippen molar-refractivity contribution in [1.29, 1.82) is 0 Å². The molecule has 1 heteroatoms. The molecule has 0 spiro atoms. The quantitative estimate of drug-likeness (QED) is 0.225. The van der Waals surface area contributed by atoms with Gasteiger partial charge in [-0.15, -0.1) is 0 Å². The van der Waals surface area contributed by atoms with E-state index in [-0.39, 0.29) is 0 Å². The summed E-state index contributed by atoms with van der Waals surface area (Å²) in [6.07, 6.45) is 10.5. The summed E-state index contributed by atoms with van der Waals surface area (Å²) in [5, 5.41) is 5.64. The third-order valence-corrected chi connectivity index (χ3v) is 5.26. The number of aryl methyl sites for hydroxylation is 2. The second-order valence-electron chi connectivity index (χ2n) is 7.45. The van der Waals surface area contributed by atoms with E-state index in [4.69, 9.17) is 0 Å². The second kappa shape index (κ2) is 9.94. The van der Waals surface area contributed by atoms with E-state index >= 15 is 0 Å². The maximum Gasteiger partial charge on any atom is 0.0902 e. The summed E-state index contributed by atoms with van der Waals surface area (Å²) < 4.78 is 4.58. The van der Waals surface area contributed by atoms with Crippen molar-refractivity contribution in [3.05, 3.63) is 96.0 Å². The highest BCUT2D eigenvalue weighted by Gasteiger charge is 2.13. The van der Waals surface area contributed by atoms with Crippen molar-refractivity contribution in [2.75, 3.05) is 0 Å². The molecule has 0 amide bonds. The van der Waals surface area contributed by atoms with E-state index in [1.54, 1.807) is 23.7 Å². The average molecular weight is 371 g/mol. The number of benzene rings is 3. The van der Waals surface area contributed by atoms with Crippen LogP contribution in [0.4, 0.5) is 0 Å². The zero-order valence-electron chi connectivity index (χ0n) is 17.2. The van der Waals surface area contributed by atoms with Crippen molar-refractivity contribution >= 4 is 21.5 Å². The topological polar surface area (TPSA) is 13.1 Å². The van der Waals surface area contributed by atoms with E-state index in [1.165, 1.54) is 52.8 Å². The summed E-state index contributed by atoms with van der Waals surface area (Å²) in [6.45, 7) is 6.20. The predicted octanol–water partition coefficient (Wildman–Crippen LogP) is 8.12. The van der Waals surface area contributed by atoms with Crippen LogP contribution in [0.15, 0.2) is 89.3 Å². The van der Waals surface area contributed by atoms with Gasteiger partial charge >= 0.3 is 0 Å². The van der Waals surface area contributed by atoms with Crippen molar-refractivity contribution < 1.29 is 4.42 Å². The molecule has 0 aliphatic heterocycles. The number of rotatable bonds is 0. The molecule has 0 unspecified atom stereocenters. The van der Waals surface area contributed by atoms with Gasteiger partial charge in [-0.05, 0) is 91.3 Å². The first-order valence-electron chi connectivity index (χ1n) is 10.2. The van der Waals surface area contributed by atoms with Crippen LogP contribution in [-0.2, 0) is 12.8 Å². The van der Waals surface area contributed by atoms with Gasteiger partial charge in [0, 0.05) is 0 Å². The Hall–Kier alpha value is -2.80. The van der Waals surface area contributed by atoms with Gasteiger partial charge < -0.3 is 4.42 Å². The Morgan fingerprint density at radius 2 is 1.43 bits per heavy atom. The Morgan fingerprint density at radius 3 is 2.11 bits per heavy atom. The molecule has 0 bridgehead atoms. The fourth-order valence-electron chi connectivity index (χ4n) is 3.57. The number of allylic oxidation sites excluding steroid dienone is 2. The molecule has 4 aromatic rings. The van der Waals surface area contributed by atoms with Crippen molar-refractivity contribution in [2.45, 2.75) is 46.5 Å². The Kier molecular flexibility index (Phi) is 7.08. The molecule has 1 nitrogen and oxygen atoms in total. The smallest absolute Gasteiger partial charge is 0.0902 e. The van der Waals surface area contributed by atoms with E-state index in [0.717, 1.165) is 0 Å². The zero-order valence-corrected chi connectivity index (χ0v) is 17.2. The van der Waals surface area contributed by atoms with Crippen LogP contribution in [0.5, 0.6) is 0 Å². The SMILES string of the molecule is CC=C(C)C.c1ccc2c(c1)ccc1c3c(ccc12)CCCC3.c1ccoc1. The highest BCUT2D eigenvalue weighted by atomic mass is 16.3. The summed E-state index contributed by atoms with van der Waals surface area (Å²) in [5.41, 5.74) is 4.55. The second-order valence-corrected chi connectivity index (χ2v) is 7.45. The minimum absolute atomic E-state index is 1.25. The van der Waals surface area contributed by atoms with Crippen LogP contribution >= 0.6 is 0 Å². The average Bonchev–Trinajstić information content (AvgIpc) is 3.34. The molecule has 0 atom stereocenters. The van der Waals surface area contributed by atoms with Gasteiger partial charge in [0.15, 0.2) is 0 Å². The van der Waals surface area contributed by atoms with Crippen molar-refractivity contribution in [2.24, 2.45) is 0 Å². The van der Waals surface area contributed by atoms with Gasteiger partial charge in [0.2, 0.25) is 0 Å². The monoisotopic (exact) mass is 370 g/mol.